The lowest BCUT2D eigenvalue weighted by Crippen LogP contribution is -2.49. The number of rotatable bonds is 6. The normalized spacial score (nSPS) is 14.9. The third-order valence-electron chi connectivity index (χ3n) is 4.48. The van der Waals surface area contributed by atoms with Crippen LogP contribution in [0.5, 0.6) is 11.5 Å². The van der Waals surface area contributed by atoms with Crippen molar-refractivity contribution < 1.29 is 14.3 Å². The van der Waals surface area contributed by atoms with Crippen molar-refractivity contribution in [3.05, 3.63) is 58.6 Å². The van der Waals surface area contributed by atoms with Gasteiger partial charge in [-0.25, -0.2) is 0 Å². The van der Waals surface area contributed by atoms with Gasteiger partial charge < -0.3 is 14.4 Å². The highest BCUT2D eigenvalue weighted by molar-refractivity contribution is 9.10. The van der Waals surface area contributed by atoms with Gasteiger partial charge in [0.15, 0.2) is 0 Å². The molecule has 0 radical (unpaired) electrons. The highest BCUT2D eigenvalue weighted by atomic mass is 79.9. The number of amides is 1. The zero-order valence-corrected chi connectivity index (χ0v) is 16.4. The van der Waals surface area contributed by atoms with Crippen LogP contribution in [0.2, 0.25) is 0 Å². The summed E-state index contributed by atoms with van der Waals surface area (Å²) in [5, 5.41) is 0. The van der Waals surface area contributed by atoms with Crippen molar-refractivity contribution in [2.24, 2.45) is 0 Å². The molecule has 0 atom stereocenters. The quantitative estimate of drug-likeness (QED) is 0.721. The van der Waals surface area contributed by atoms with Crippen molar-refractivity contribution in [1.29, 1.82) is 0 Å². The third-order valence-corrected chi connectivity index (χ3v) is 5.10. The summed E-state index contributed by atoms with van der Waals surface area (Å²) in [5.74, 6) is 1.68. The summed E-state index contributed by atoms with van der Waals surface area (Å²) in [6, 6.07) is 15.3. The molecule has 5 nitrogen and oxygen atoms in total. The van der Waals surface area contributed by atoms with E-state index in [0.29, 0.717) is 12.2 Å². The Morgan fingerprint density at radius 2 is 1.81 bits per heavy atom. The molecular formula is C20H23BrN2O3. The molecule has 2 aromatic carbocycles. The van der Waals surface area contributed by atoms with Gasteiger partial charge in [-0.3, -0.25) is 9.69 Å². The molecule has 2 aromatic rings. The maximum atomic E-state index is 12.7. The van der Waals surface area contributed by atoms with Crippen molar-refractivity contribution in [3.8, 4) is 11.5 Å². The lowest BCUT2D eigenvalue weighted by molar-refractivity contribution is 0.0620. The minimum atomic E-state index is 0.0635. The number of carbonyl (C=O) groups is 1. The first-order chi connectivity index (χ1) is 12.7. The van der Waals surface area contributed by atoms with Gasteiger partial charge in [-0.15, -0.1) is 0 Å². The number of piperazine rings is 1. The number of halogens is 1. The molecule has 0 bridgehead atoms. The summed E-state index contributed by atoms with van der Waals surface area (Å²) < 4.78 is 11.8. The van der Waals surface area contributed by atoms with E-state index in [0.717, 1.165) is 48.7 Å². The van der Waals surface area contributed by atoms with Crippen LogP contribution in [0, 0.1) is 0 Å². The zero-order chi connectivity index (χ0) is 18.4. The Labute approximate surface area is 162 Å². The molecular weight excluding hydrogens is 396 g/mol. The van der Waals surface area contributed by atoms with Gasteiger partial charge in [0, 0.05) is 38.3 Å². The minimum Gasteiger partial charge on any atom is -0.496 e. The first-order valence-corrected chi connectivity index (χ1v) is 9.49. The van der Waals surface area contributed by atoms with Gasteiger partial charge >= 0.3 is 0 Å². The molecule has 1 fully saturated rings. The van der Waals surface area contributed by atoms with E-state index in [2.05, 4.69) is 20.8 Å². The van der Waals surface area contributed by atoms with Crippen LogP contribution in [0.1, 0.15) is 10.4 Å². The Morgan fingerprint density at radius 1 is 1.08 bits per heavy atom. The second-order valence-corrected chi connectivity index (χ2v) is 7.00. The number of methoxy groups -OCH3 is 1. The molecule has 6 heteroatoms. The van der Waals surface area contributed by atoms with E-state index in [1.54, 1.807) is 7.11 Å². The van der Waals surface area contributed by atoms with Gasteiger partial charge in [0.25, 0.3) is 5.91 Å². The van der Waals surface area contributed by atoms with Crippen molar-refractivity contribution in [1.82, 2.24) is 9.80 Å². The molecule has 3 rings (SSSR count). The topological polar surface area (TPSA) is 42.0 Å². The van der Waals surface area contributed by atoms with E-state index in [1.165, 1.54) is 0 Å². The minimum absolute atomic E-state index is 0.0635. The van der Waals surface area contributed by atoms with E-state index >= 15 is 0 Å². The zero-order valence-electron chi connectivity index (χ0n) is 14.9. The van der Waals surface area contributed by atoms with Crippen molar-refractivity contribution in [2.75, 3.05) is 46.4 Å². The molecule has 0 unspecified atom stereocenters. The number of carbonyl (C=O) groups excluding carboxylic acids is 1. The van der Waals surface area contributed by atoms with Crippen molar-refractivity contribution in [3.63, 3.8) is 0 Å². The number of hydrogen-bond donors (Lipinski definition) is 0. The molecule has 0 N–H and O–H groups in total. The molecule has 1 amide bonds. The Kier molecular flexibility index (Phi) is 6.52. The molecule has 0 aliphatic carbocycles. The van der Waals surface area contributed by atoms with Crippen molar-refractivity contribution in [2.45, 2.75) is 0 Å². The number of para-hydroxylation sites is 1. The fourth-order valence-corrected chi connectivity index (χ4v) is 3.51. The first kappa shape index (κ1) is 18.7. The van der Waals surface area contributed by atoms with Gasteiger partial charge in [0.2, 0.25) is 0 Å². The van der Waals surface area contributed by atoms with Crippen LogP contribution in [0.4, 0.5) is 0 Å². The second-order valence-electron chi connectivity index (χ2n) is 6.14. The summed E-state index contributed by atoms with van der Waals surface area (Å²) in [4.78, 5) is 16.9. The highest BCUT2D eigenvalue weighted by Crippen LogP contribution is 2.26. The first-order valence-electron chi connectivity index (χ1n) is 8.70. The standard InChI is InChI=1S/C20H23BrN2O3/c1-25-19-8-7-16(15-18(19)21)20(24)23-11-9-22(10-12-23)13-14-26-17-5-3-2-4-6-17/h2-8,15H,9-14H2,1H3. The second kappa shape index (κ2) is 9.05. The molecule has 0 aromatic heterocycles. The van der Waals surface area contributed by atoms with E-state index in [-0.39, 0.29) is 5.91 Å². The number of hydrogen-bond acceptors (Lipinski definition) is 4. The van der Waals surface area contributed by atoms with Gasteiger partial charge in [-0.2, -0.15) is 0 Å². The summed E-state index contributed by atoms with van der Waals surface area (Å²) in [6.45, 7) is 4.71. The summed E-state index contributed by atoms with van der Waals surface area (Å²) >= 11 is 3.44. The van der Waals surface area contributed by atoms with E-state index in [4.69, 9.17) is 9.47 Å². The molecule has 0 saturated carbocycles. The molecule has 26 heavy (non-hydrogen) atoms. The number of benzene rings is 2. The Morgan fingerprint density at radius 3 is 2.46 bits per heavy atom. The molecule has 138 valence electrons. The Hall–Kier alpha value is -2.05. The van der Waals surface area contributed by atoms with E-state index in [9.17, 15) is 4.79 Å². The van der Waals surface area contributed by atoms with Crippen LogP contribution in [0.25, 0.3) is 0 Å². The molecule has 1 saturated heterocycles. The fraction of sp³-hybridized carbons (Fsp3) is 0.350. The van der Waals surface area contributed by atoms with Gasteiger partial charge in [0.05, 0.1) is 11.6 Å². The highest BCUT2D eigenvalue weighted by Gasteiger charge is 2.22. The predicted molar refractivity (Wildman–Crippen MR) is 105 cm³/mol. The summed E-state index contributed by atoms with van der Waals surface area (Å²) in [5.41, 5.74) is 0.679. The van der Waals surface area contributed by atoms with Crippen LogP contribution >= 0.6 is 15.9 Å². The lowest BCUT2D eigenvalue weighted by atomic mass is 10.1. The van der Waals surface area contributed by atoms with Crippen LogP contribution < -0.4 is 9.47 Å². The monoisotopic (exact) mass is 418 g/mol. The van der Waals surface area contributed by atoms with Gasteiger partial charge in [0.1, 0.15) is 18.1 Å². The van der Waals surface area contributed by atoms with Gasteiger partial charge in [-0.05, 0) is 46.3 Å². The molecule has 1 aliphatic rings. The smallest absolute Gasteiger partial charge is 0.253 e. The van der Waals surface area contributed by atoms with Gasteiger partial charge in [-0.1, -0.05) is 18.2 Å². The maximum absolute atomic E-state index is 12.7. The molecule has 0 spiro atoms. The number of nitrogens with zero attached hydrogens (tertiary/aromatic N) is 2. The van der Waals surface area contributed by atoms with E-state index < -0.39 is 0 Å². The van der Waals surface area contributed by atoms with Crippen LogP contribution in [0.3, 0.4) is 0 Å². The Balaban J connectivity index is 1.45. The molecule has 1 aliphatic heterocycles. The van der Waals surface area contributed by atoms with Crippen LogP contribution in [-0.4, -0.2) is 62.1 Å². The van der Waals surface area contributed by atoms with Crippen LogP contribution in [-0.2, 0) is 0 Å². The van der Waals surface area contributed by atoms with E-state index in [1.807, 2.05) is 53.4 Å². The summed E-state index contributed by atoms with van der Waals surface area (Å²) in [6.07, 6.45) is 0. The third kappa shape index (κ3) is 4.77. The average Bonchev–Trinajstić information content (AvgIpc) is 2.69. The van der Waals surface area contributed by atoms with Crippen LogP contribution in [0.15, 0.2) is 53.0 Å². The number of ether oxygens (including phenoxy) is 2. The van der Waals surface area contributed by atoms with Crippen molar-refractivity contribution >= 4 is 21.8 Å². The SMILES string of the molecule is COc1ccc(C(=O)N2CCN(CCOc3ccccc3)CC2)cc1Br. The largest absolute Gasteiger partial charge is 0.496 e. The lowest BCUT2D eigenvalue weighted by Gasteiger charge is -2.34. The maximum Gasteiger partial charge on any atom is 0.253 e. The Bertz CT molecular complexity index is 731. The molecule has 1 heterocycles. The summed E-state index contributed by atoms with van der Waals surface area (Å²) in [7, 11) is 1.61. The average molecular weight is 419 g/mol. The fourth-order valence-electron chi connectivity index (χ4n) is 2.97. The predicted octanol–water partition coefficient (Wildman–Crippen LogP) is 3.29.